The normalized spacial score (nSPS) is 12.1. The molecular weight excluding hydrogens is 484 g/mol. The Morgan fingerprint density at radius 2 is 1.32 bits per heavy atom. The van der Waals surface area contributed by atoms with Gasteiger partial charge in [0.15, 0.2) is 12.4 Å². The number of carbonyl (C=O) groups is 4. The molecule has 2 atom stereocenters. The summed E-state index contributed by atoms with van der Waals surface area (Å²) in [5.74, 6) is -1.65. The molecule has 0 fully saturated rings. The van der Waals surface area contributed by atoms with E-state index in [9.17, 15) is 19.2 Å². The second-order valence-corrected chi connectivity index (χ2v) is 8.99. The van der Waals surface area contributed by atoms with E-state index in [1.54, 1.807) is 26.0 Å². The zero-order chi connectivity index (χ0) is 27.5. The predicted octanol–water partition coefficient (Wildman–Crippen LogP) is 4.07. The largest absolute Gasteiger partial charge is 0.454 e. The van der Waals surface area contributed by atoms with Crippen LogP contribution >= 0.6 is 0 Å². The number of carbonyl (C=O) groups excluding carboxylic acids is 4. The summed E-state index contributed by atoms with van der Waals surface area (Å²) in [7, 11) is 0. The van der Waals surface area contributed by atoms with Gasteiger partial charge in [0.25, 0.3) is 0 Å². The maximum absolute atomic E-state index is 13.1. The SMILES string of the molecule is Cc1cccc(C)c1C(=O)OCC(=O)[C@H](C)NC(=O)[C@H](Cc1ccccc1)NC(=O)OCc1ccccc1. The first-order valence-corrected chi connectivity index (χ1v) is 12.3. The van der Waals surface area contributed by atoms with Crippen molar-refractivity contribution >= 4 is 23.8 Å². The van der Waals surface area contributed by atoms with Crippen molar-refractivity contribution in [3.8, 4) is 0 Å². The fourth-order valence-corrected chi connectivity index (χ4v) is 3.83. The van der Waals surface area contributed by atoms with Gasteiger partial charge in [-0.1, -0.05) is 78.9 Å². The molecule has 0 spiro atoms. The molecule has 0 saturated heterocycles. The molecule has 0 bridgehead atoms. The van der Waals surface area contributed by atoms with Crippen LogP contribution in [0, 0.1) is 13.8 Å². The van der Waals surface area contributed by atoms with Gasteiger partial charge in [-0.05, 0) is 43.0 Å². The Bertz CT molecular complexity index is 1240. The molecule has 3 aromatic rings. The number of hydrogen-bond donors (Lipinski definition) is 2. The molecule has 0 unspecified atom stereocenters. The lowest BCUT2D eigenvalue weighted by atomic mass is 10.0. The lowest BCUT2D eigenvalue weighted by Gasteiger charge is -2.21. The van der Waals surface area contributed by atoms with Crippen molar-refractivity contribution in [1.29, 1.82) is 0 Å². The summed E-state index contributed by atoms with van der Waals surface area (Å²) in [6.45, 7) is 4.63. The van der Waals surface area contributed by atoms with Crippen molar-refractivity contribution in [3.05, 3.63) is 107 Å². The minimum atomic E-state index is -0.993. The minimum Gasteiger partial charge on any atom is -0.454 e. The summed E-state index contributed by atoms with van der Waals surface area (Å²) in [5, 5.41) is 5.21. The number of rotatable bonds is 11. The molecule has 2 amide bonds. The quantitative estimate of drug-likeness (QED) is 0.372. The summed E-state index contributed by atoms with van der Waals surface area (Å²) >= 11 is 0. The van der Waals surface area contributed by atoms with Gasteiger partial charge in [-0.25, -0.2) is 9.59 Å². The third-order valence-electron chi connectivity index (χ3n) is 5.98. The molecule has 8 nitrogen and oxygen atoms in total. The number of ketones is 1. The fourth-order valence-electron chi connectivity index (χ4n) is 3.83. The van der Waals surface area contributed by atoms with Crippen LogP contribution in [0.2, 0.25) is 0 Å². The number of esters is 1. The fraction of sp³-hybridized carbons (Fsp3) is 0.267. The van der Waals surface area contributed by atoms with Crippen LogP contribution in [0.25, 0.3) is 0 Å². The molecule has 0 radical (unpaired) electrons. The number of alkyl carbamates (subject to hydrolysis) is 1. The smallest absolute Gasteiger partial charge is 0.408 e. The summed E-state index contributed by atoms with van der Waals surface area (Å²) in [6.07, 6.45) is -0.568. The van der Waals surface area contributed by atoms with Gasteiger partial charge in [0.1, 0.15) is 12.6 Å². The zero-order valence-corrected chi connectivity index (χ0v) is 21.7. The molecule has 3 rings (SSSR count). The molecule has 198 valence electrons. The van der Waals surface area contributed by atoms with Crippen LogP contribution in [-0.4, -0.2) is 42.4 Å². The van der Waals surface area contributed by atoms with E-state index in [0.717, 1.165) is 22.3 Å². The van der Waals surface area contributed by atoms with Crippen LogP contribution in [0.5, 0.6) is 0 Å². The number of ether oxygens (including phenoxy) is 2. The molecule has 0 aliphatic heterocycles. The van der Waals surface area contributed by atoms with E-state index in [-0.39, 0.29) is 13.0 Å². The summed E-state index contributed by atoms with van der Waals surface area (Å²) in [4.78, 5) is 50.7. The predicted molar refractivity (Wildman–Crippen MR) is 143 cm³/mol. The van der Waals surface area contributed by atoms with Gasteiger partial charge in [0.05, 0.1) is 11.6 Å². The van der Waals surface area contributed by atoms with Crippen LogP contribution in [0.1, 0.15) is 39.5 Å². The number of nitrogens with one attached hydrogen (secondary N) is 2. The highest BCUT2D eigenvalue weighted by Gasteiger charge is 2.26. The molecule has 3 aromatic carbocycles. The zero-order valence-electron chi connectivity index (χ0n) is 21.7. The molecule has 38 heavy (non-hydrogen) atoms. The van der Waals surface area contributed by atoms with Gasteiger partial charge in [0.2, 0.25) is 5.91 Å². The minimum absolute atomic E-state index is 0.0486. The second-order valence-electron chi connectivity index (χ2n) is 8.99. The molecule has 8 heteroatoms. The highest BCUT2D eigenvalue weighted by Crippen LogP contribution is 2.14. The molecule has 2 N–H and O–H groups in total. The number of aryl methyl sites for hydroxylation is 2. The maximum Gasteiger partial charge on any atom is 0.408 e. The monoisotopic (exact) mass is 516 g/mol. The third-order valence-corrected chi connectivity index (χ3v) is 5.98. The van der Waals surface area contributed by atoms with E-state index in [0.29, 0.717) is 5.56 Å². The van der Waals surface area contributed by atoms with Crippen molar-refractivity contribution in [2.24, 2.45) is 0 Å². The Morgan fingerprint density at radius 1 is 0.737 bits per heavy atom. The summed E-state index contributed by atoms with van der Waals surface area (Å²) in [6, 6.07) is 21.8. The third kappa shape index (κ3) is 8.30. The molecule has 0 aliphatic rings. The van der Waals surface area contributed by atoms with Crippen LogP contribution in [0.4, 0.5) is 4.79 Å². The van der Waals surface area contributed by atoms with Gasteiger partial charge < -0.3 is 20.1 Å². The lowest BCUT2D eigenvalue weighted by molar-refractivity contribution is -0.130. The maximum atomic E-state index is 13.1. The van der Waals surface area contributed by atoms with E-state index in [1.165, 1.54) is 6.92 Å². The molecule has 0 saturated carbocycles. The molecule has 0 aromatic heterocycles. The number of amides is 2. The standard InChI is InChI=1S/C30H32N2O6/c1-20-11-10-12-21(2)27(20)29(35)37-19-26(33)22(3)31-28(34)25(17-23-13-6-4-7-14-23)32-30(36)38-18-24-15-8-5-9-16-24/h4-16,22,25H,17-19H2,1-3H3,(H,31,34)(H,32,36)/t22-,25-/m0/s1. The van der Waals surface area contributed by atoms with E-state index in [2.05, 4.69) is 10.6 Å². The van der Waals surface area contributed by atoms with Crippen molar-refractivity contribution in [3.63, 3.8) is 0 Å². The lowest BCUT2D eigenvalue weighted by Crippen LogP contribution is -2.52. The first-order chi connectivity index (χ1) is 18.2. The Labute approximate surface area is 222 Å². The van der Waals surface area contributed by atoms with E-state index < -0.39 is 42.4 Å². The average molecular weight is 517 g/mol. The topological polar surface area (TPSA) is 111 Å². The van der Waals surface area contributed by atoms with Crippen LogP contribution < -0.4 is 10.6 Å². The first kappa shape index (κ1) is 28.1. The molecule has 0 aliphatic carbocycles. The molecular formula is C30H32N2O6. The van der Waals surface area contributed by atoms with Crippen molar-refractivity contribution < 1.29 is 28.7 Å². The Hall–Kier alpha value is -4.46. The number of Topliss-reactive ketones (excluding diaryl/α,β-unsaturated/α-hetero) is 1. The molecule has 0 heterocycles. The Morgan fingerprint density at radius 3 is 1.92 bits per heavy atom. The van der Waals surface area contributed by atoms with E-state index in [4.69, 9.17) is 9.47 Å². The summed E-state index contributed by atoms with van der Waals surface area (Å²) < 4.78 is 10.5. The Kier molecular flexibility index (Phi) is 10.2. The van der Waals surface area contributed by atoms with Crippen molar-refractivity contribution in [2.75, 3.05) is 6.61 Å². The number of hydrogen-bond acceptors (Lipinski definition) is 6. The van der Waals surface area contributed by atoms with E-state index in [1.807, 2.05) is 66.7 Å². The first-order valence-electron chi connectivity index (χ1n) is 12.3. The summed E-state index contributed by atoms with van der Waals surface area (Å²) in [5.41, 5.74) is 3.53. The van der Waals surface area contributed by atoms with Crippen LogP contribution in [0.3, 0.4) is 0 Å². The van der Waals surface area contributed by atoms with Gasteiger partial charge in [-0.15, -0.1) is 0 Å². The van der Waals surface area contributed by atoms with Gasteiger partial charge >= 0.3 is 12.1 Å². The Balaban J connectivity index is 1.59. The highest BCUT2D eigenvalue weighted by atomic mass is 16.5. The second kappa shape index (κ2) is 13.7. The van der Waals surface area contributed by atoms with E-state index >= 15 is 0 Å². The average Bonchev–Trinajstić information content (AvgIpc) is 2.91. The van der Waals surface area contributed by atoms with Crippen LogP contribution in [0.15, 0.2) is 78.9 Å². The van der Waals surface area contributed by atoms with Gasteiger partial charge in [-0.2, -0.15) is 0 Å². The van der Waals surface area contributed by atoms with Crippen molar-refractivity contribution in [1.82, 2.24) is 10.6 Å². The number of benzene rings is 3. The van der Waals surface area contributed by atoms with Gasteiger partial charge in [-0.3, -0.25) is 9.59 Å². The van der Waals surface area contributed by atoms with Gasteiger partial charge in [0, 0.05) is 6.42 Å². The van der Waals surface area contributed by atoms with Crippen molar-refractivity contribution in [2.45, 2.75) is 45.9 Å². The highest BCUT2D eigenvalue weighted by molar-refractivity contribution is 5.96. The van der Waals surface area contributed by atoms with Crippen LogP contribution in [-0.2, 0) is 32.1 Å².